The quantitative estimate of drug-likeness (QED) is 0.396. The highest BCUT2D eigenvalue weighted by Crippen LogP contribution is 2.24. The van der Waals surface area contributed by atoms with Crippen molar-refractivity contribution in [2.45, 2.75) is 36.8 Å². The minimum atomic E-state index is 0.698. The van der Waals surface area contributed by atoms with Gasteiger partial charge in [0.15, 0.2) is 5.16 Å². The fraction of sp³-hybridized carbons (Fsp3) is 0.304. The van der Waals surface area contributed by atoms with E-state index < -0.39 is 0 Å². The number of rotatable bonds is 8. The van der Waals surface area contributed by atoms with Gasteiger partial charge >= 0.3 is 0 Å². The molecule has 7 nitrogen and oxygen atoms in total. The zero-order valence-electron chi connectivity index (χ0n) is 17.3. The molecule has 158 valence electrons. The van der Waals surface area contributed by atoms with Crippen molar-refractivity contribution in [2.24, 2.45) is 0 Å². The predicted octanol–water partition coefficient (Wildman–Crippen LogP) is 3.80. The second-order valence-electron chi connectivity index (χ2n) is 7.70. The van der Waals surface area contributed by atoms with Gasteiger partial charge in [0.25, 0.3) is 0 Å². The van der Waals surface area contributed by atoms with E-state index in [1.54, 1.807) is 16.6 Å². The van der Waals surface area contributed by atoms with Gasteiger partial charge in [0, 0.05) is 5.75 Å². The Morgan fingerprint density at radius 3 is 2.35 bits per heavy atom. The van der Waals surface area contributed by atoms with Gasteiger partial charge in [-0.15, -0.1) is 10.2 Å². The van der Waals surface area contributed by atoms with E-state index in [1.165, 1.54) is 18.4 Å². The maximum absolute atomic E-state index is 4.62. The largest absolute Gasteiger partial charge is 0.300 e. The number of thioether (sulfide) groups is 1. The first kappa shape index (κ1) is 20.0. The Hall–Kier alpha value is -2.97. The Kier molecular flexibility index (Phi) is 6.08. The molecule has 0 radical (unpaired) electrons. The number of likely N-dealkylation sites (tertiary alicyclic amines) is 1. The van der Waals surface area contributed by atoms with E-state index in [0.717, 1.165) is 48.5 Å². The zero-order chi connectivity index (χ0) is 20.9. The average molecular weight is 432 g/mol. The molecule has 0 aliphatic carbocycles. The summed E-state index contributed by atoms with van der Waals surface area (Å²) < 4.78 is 2.25. The molecule has 8 heteroatoms. The fourth-order valence-corrected chi connectivity index (χ4v) is 4.63. The lowest BCUT2D eigenvalue weighted by molar-refractivity contribution is 0.316. The van der Waals surface area contributed by atoms with Crippen LogP contribution in [0.1, 0.15) is 29.9 Å². The molecule has 4 aromatic rings. The fourth-order valence-electron chi connectivity index (χ4n) is 3.79. The van der Waals surface area contributed by atoms with E-state index >= 15 is 0 Å². The molecule has 0 atom stereocenters. The second-order valence-corrected chi connectivity index (χ2v) is 8.65. The second kappa shape index (κ2) is 9.45. The lowest BCUT2D eigenvalue weighted by atomic mass is 10.2. The van der Waals surface area contributed by atoms with Crippen LogP contribution in [-0.2, 0) is 18.8 Å². The van der Waals surface area contributed by atoms with E-state index in [1.807, 2.05) is 42.6 Å². The van der Waals surface area contributed by atoms with E-state index in [9.17, 15) is 0 Å². The van der Waals surface area contributed by atoms with Crippen LogP contribution in [0.2, 0.25) is 0 Å². The van der Waals surface area contributed by atoms with Crippen molar-refractivity contribution in [3.8, 4) is 5.69 Å². The first-order valence-corrected chi connectivity index (χ1v) is 11.6. The molecule has 1 aliphatic rings. The number of hydrogen-bond acceptors (Lipinski definition) is 6. The van der Waals surface area contributed by atoms with Gasteiger partial charge in [-0.25, -0.2) is 0 Å². The lowest BCUT2D eigenvalue weighted by Crippen LogP contribution is -2.21. The molecule has 0 N–H and O–H groups in total. The normalized spacial score (nSPS) is 14.3. The summed E-state index contributed by atoms with van der Waals surface area (Å²) in [5, 5.41) is 19.0. The highest BCUT2D eigenvalue weighted by atomic mass is 32.2. The Labute approximate surface area is 186 Å². The van der Waals surface area contributed by atoms with Gasteiger partial charge < -0.3 is 4.57 Å². The molecule has 2 aromatic carbocycles. The van der Waals surface area contributed by atoms with E-state index in [4.69, 9.17) is 0 Å². The van der Waals surface area contributed by atoms with Gasteiger partial charge in [-0.1, -0.05) is 60.3 Å². The molecule has 3 heterocycles. The summed E-state index contributed by atoms with van der Waals surface area (Å²) >= 11 is 1.66. The van der Waals surface area contributed by atoms with Crippen LogP contribution in [-0.4, -0.2) is 47.7 Å². The summed E-state index contributed by atoms with van der Waals surface area (Å²) in [6, 6.07) is 20.5. The van der Waals surface area contributed by atoms with Gasteiger partial charge in [0.05, 0.1) is 30.7 Å². The predicted molar refractivity (Wildman–Crippen MR) is 121 cm³/mol. The summed E-state index contributed by atoms with van der Waals surface area (Å²) in [6.45, 7) is 3.91. The third-order valence-electron chi connectivity index (χ3n) is 5.42. The van der Waals surface area contributed by atoms with Crippen molar-refractivity contribution in [2.75, 3.05) is 13.1 Å². The topological polar surface area (TPSA) is 64.7 Å². The molecule has 0 bridgehead atoms. The third kappa shape index (κ3) is 4.86. The molecule has 31 heavy (non-hydrogen) atoms. The number of aromatic nitrogens is 6. The van der Waals surface area contributed by atoms with Crippen LogP contribution in [0.25, 0.3) is 5.69 Å². The maximum Gasteiger partial charge on any atom is 0.191 e. The van der Waals surface area contributed by atoms with Gasteiger partial charge in [-0.05, 0) is 43.6 Å². The molecular formula is C23H25N7S. The summed E-state index contributed by atoms with van der Waals surface area (Å²) in [5.74, 6) is 1.73. The Balaban J connectivity index is 1.33. The van der Waals surface area contributed by atoms with Gasteiger partial charge in [0.1, 0.15) is 5.82 Å². The van der Waals surface area contributed by atoms with E-state index in [-0.39, 0.29) is 0 Å². The lowest BCUT2D eigenvalue weighted by Gasteiger charge is -2.16. The third-order valence-corrected chi connectivity index (χ3v) is 6.42. The monoisotopic (exact) mass is 431 g/mol. The van der Waals surface area contributed by atoms with E-state index in [0.29, 0.717) is 5.75 Å². The summed E-state index contributed by atoms with van der Waals surface area (Å²) in [5.41, 5.74) is 3.13. The summed E-state index contributed by atoms with van der Waals surface area (Å²) in [4.78, 5) is 4.13. The molecule has 0 saturated carbocycles. The molecule has 5 rings (SSSR count). The van der Waals surface area contributed by atoms with Crippen molar-refractivity contribution >= 4 is 11.8 Å². The van der Waals surface area contributed by atoms with Crippen LogP contribution >= 0.6 is 11.8 Å². The first-order valence-electron chi connectivity index (χ1n) is 10.6. The maximum atomic E-state index is 4.62. The van der Waals surface area contributed by atoms with Crippen molar-refractivity contribution in [1.82, 2.24) is 34.7 Å². The van der Waals surface area contributed by atoms with Crippen LogP contribution in [0.4, 0.5) is 0 Å². The van der Waals surface area contributed by atoms with Crippen molar-refractivity contribution in [3.63, 3.8) is 0 Å². The first-order chi connectivity index (χ1) is 15.3. The van der Waals surface area contributed by atoms with Crippen LogP contribution < -0.4 is 0 Å². The molecule has 1 saturated heterocycles. The highest BCUT2D eigenvalue weighted by Gasteiger charge is 2.19. The van der Waals surface area contributed by atoms with Gasteiger partial charge in [-0.2, -0.15) is 15.0 Å². The summed E-state index contributed by atoms with van der Waals surface area (Å²) in [7, 11) is 0. The minimum Gasteiger partial charge on any atom is -0.300 e. The van der Waals surface area contributed by atoms with Gasteiger partial charge in [0.2, 0.25) is 0 Å². The van der Waals surface area contributed by atoms with Crippen molar-refractivity contribution in [1.29, 1.82) is 0 Å². The molecule has 0 spiro atoms. The molecule has 1 fully saturated rings. The minimum absolute atomic E-state index is 0.698. The molecule has 1 aliphatic heterocycles. The van der Waals surface area contributed by atoms with Crippen LogP contribution in [0.3, 0.4) is 0 Å². The standard InChI is InChI=1S/C23H25N7S/c1-3-9-19(10-4-1)16-29-22(17-28-13-7-8-14-28)25-26-23(29)31-18-20-15-24-30(27-20)21-11-5-2-6-12-21/h1-6,9-12,15H,7-8,13-14,16-18H2. The number of hydrogen-bond donors (Lipinski definition) is 0. The molecule has 0 amide bonds. The SMILES string of the molecule is c1ccc(Cn2c(CN3CCCC3)nnc2SCc2cnn(-c3ccccc3)n2)cc1. The molecule has 2 aromatic heterocycles. The van der Waals surface area contributed by atoms with Crippen LogP contribution in [0.15, 0.2) is 72.0 Å². The van der Waals surface area contributed by atoms with Crippen LogP contribution in [0.5, 0.6) is 0 Å². The van der Waals surface area contributed by atoms with E-state index in [2.05, 4.69) is 54.1 Å². The van der Waals surface area contributed by atoms with Gasteiger partial charge in [-0.3, -0.25) is 4.90 Å². The number of benzene rings is 2. The van der Waals surface area contributed by atoms with Crippen molar-refractivity contribution in [3.05, 3.63) is 83.9 Å². The highest BCUT2D eigenvalue weighted by molar-refractivity contribution is 7.98. The molecule has 0 unspecified atom stereocenters. The molecular weight excluding hydrogens is 406 g/mol. The average Bonchev–Trinajstić information content (AvgIpc) is 3.57. The van der Waals surface area contributed by atoms with Crippen molar-refractivity contribution < 1.29 is 0 Å². The Morgan fingerprint density at radius 2 is 1.58 bits per heavy atom. The van der Waals surface area contributed by atoms with Crippen LogP contribution in [0, 0.1) is 0 Å². The Bertz CT molecular complexity index is 1100. The number of para-hydroxylation sites is 1. The Morgan fingerprint density at radius 1 is 0.839 bits per heavy atom. The zero-order valence-corrected chi connectivity index (χ0v) is 18.2. The summed E-state index contributed by atoms with van der Waals surface area (Å²) in [6.07, 6.45) is 4.36. The smallest absolute Gasteiger partial charge is 0.191 e. The number of nitrogens with zero attached hydrogens (tertiary/aromatic N) is 7.